The Morgan fingerprint density at radius 2 is 1.64 bits per heavy atom. The number of piperidine rings is 1. The topological polar surface area (TPSA) is 37.4 Å². The zero-order chi connectivity index (χ0) is 24.4. The van der Waals surface area contributed by atoms with Crippen molar-refractivity contribution in [3.8, 4) is 11.1 Å². The van der Waals surface area contributed by atoms with Crippen LogP contribution in [-0.2, 0) is 16.0 Å². The molecule has 1 aliphatic rings. The Hall–Kier alpha value is -1.57. The SMILES string of the molecule is CC(C)(C)CCN1CCC(CS(=O)(=O)c2cc(Cl)c(-c3ccccc3)c(C(F)(F)F)c2)CC1. The summed E-state index contributed by atoms with van der Waals surface area (Å²) in [5.41, 5.74) is -0.698. The lowest BCUT2D eigenvalue weighted by molar-refractivity contribution is -0.137. The number of benzene rings is 2. The molecule has 0 N–H and O–H groups in total. The minimum atomic E-state index is -4.74. The summed E-state index contributed by atoms with van der Waals surface area (Å²) in [4.78, 5) is 1.97. The molecule has 1 fully saturated rings. The molecule has 3 rings (SSSR count). The van der Waals surface area contributed by atoms with E-state index in [0.29, 0.717) is 18.4 Å². The van der Waals surface area contributed by atoms with E-state index in [1.165, 1.54) is 12.1 Å². The third-order valence-electron chi connectivity index (χ3n) is 6.13. The second kappa shape index (κ2) is 9.96. The lowest BCUT2D eigenvalue weighted by Crippen LogP contribution is -2.37. The Morgan fingerprint density at radius 3 is 2.18 bits per heavy atom. The fourth-order valence-electron chi connectivity index (χ4n) is 4.16. The molecule has 2 aromatic carbocycles. The first-order chi connectivity index (χ1) is 15.3. The highest BCUT2D eigenvalue weighted by atomic mass is 35.5. The molecule has 33 heavy (non-hydrogen) atoms. The molecule has 0 unspecified atom stereocenters. The van der Waals surface area contributed by atoms with Gasteiger partial charge >= 0.3 is 6.18 Å². The Morgan fingerprint density at radius 1 is 1.03 bits per heavy atom. The van der Waals surface area contributed by atoms with Crippen LogP contribution in [0.2, 0.25) is 5.02 Å². The van der Waals surface area contributed by atoms with E-state index in [1.807, 2.05) is 0 Å². The summed E-state index contributed by atoms with van der Waals surface area (Å²) in [7, 11) is -3.92. The van der Waals surface area contributed by atoms with Gasteiger partial charge in [0, 0.05) is 5.56 Å². The van der Waals surface area contributed by atoms with Gasteiger partial charge in [0.15, 0.2) is 9.84 Å². The van der Waals surface area contributed by atoms with Crippen molar-refractivity contribution in [2.75, 3.05) is 25.4 Å². The number of likely N-dealkylation sites (tertiary alicyclic amines) is 1. The van der Waals surface area contributed by atoms with Gasteiger partial charge in [-0.15, -0.1) is 0 Å². The van der Waals surface area contributed by atoms with Crippen molar-refractivity contribution in [3.05, 3.63) is 53.1 Å². The summed E-state index contributed by atoms with van der Waals surface area (Å²) in [5.74, 6) is -0.249. The van der Waals surface area contributed by atoms with Crippen molar-refractivity contribution < 1.29 is 21.6 Å². The predicted molar refractivity (Wildman–Crippen MR) is 127 cm³/mol. The third-order valence-corrected chi connectivity index (χ3v) is 8.29. The van der Waals surface area contributed by atoms with Crippen LogP contribution in [0.4, 0.5) is 13.2 Å². The molecule has 0 radical (unpaired) electrons. The molecule has 0 aromatic heterocycles. The average molecular weight is 502 g/mol. The Labute approximate surface area is 199 Å². The van der Waals surface area contributed by atoms with Gasteiger partial charge in [0.2, 0.25) is 0 Å². The molecule has 3 nitrogen and oxygen atoms in total. The van der Waals surface area contributed by atoms with Gasteiger partial charge in [-0.25, -0.2) is 8.42 Å². The highest BCUT2D eigenvalue weighted by Gasteiger charge is 2.37. The fraction of sp³-hybridized carbons (Fsp3) is 0.520. The van der Waals surface area contributed by atoms with E-state index < -0.39 is 21.6 Å². The van der Waals surface area contributed by atoms with Crippen LogP contribution in [0.15, 0.2) is 47.4 Å². The van der Waals surface area contributed by atoms with Crippen molar-refractivity contribution in [1.29, 1.82) is 0 Å². The van der Waals surface area contributed by atoms with Crippen molar-refractivity contribution in [2.45, 2.75) is 51.1 Å². The van der Waals surface area contributed by atoms with E-state index in [9.17, 15) is 21.6 Å². The van der Waals surface area contributed by atoms with Gasteiger partial charge in [-0.05, 0) is 67.9 Å². The van der Waals surface area contributed by atoms with Crippen molar-refractivity contribution in [2.24, 2.45) is 11.3 Å². The quantitative estimate of drug-likeness (QED) is 0.430. The summed E-state index contributed by atoms with van der Waals surface area (Å²) in [6.45, 7) is 9.14. The number of sulfone groups is 1. The molecule has 1 saturated heterocycles. The number of rotatable bonds is 6. The first-order valence-corrected chi connectivity index (χ1v) is 13.2. The highest BCUT2D eigenvalue weighted by Crippen LogP contribution is 2.43. The number of hydrogen-bond acceptors (Lipinski definition) is 3. The van der Waals surface area contributed by atoms with Crippen LogP contribution in [0.1, 0.15) is 45.6 Å². The number of alkyl halides is 3. The first-order valence-electron chi connectivity index (χ1n) is 11.2. The van der Waals surface area contributed by atoms with Crippen LogP contribution < -0.4 is 0 Å². The van der Waals surface area contributed by atoms with Gasteiger partial charge < -0.3 is 4.90 Å². The Balaban J connectivity index is 1.79. The first kappa shape index (κ1) is 26.0. The number of nitrogens with zero attached hydrogens (tertiary/aromatic N) is 1. The number of hydrogen-bond donors (Lipinski definition) is 0. The lowest BCUT2D eigenvalue weighted by Gasteiger charge is -2.33. The molecular formula is C25H31ClF3NO2S. The molecule has 182 valence electrons. The van der Waals surface area contributed by atoms with Crippen molar-refractivity contribution in [3.63, 3.8) is 0 Å². The Kier molecular flexibility index (Phi) is 7.86. The standard InChI is InChI=1S/C25H31ClF3NO2S/c1-24(2,3)11-14-30-12-9-18(10-13-30)17-33(31,32)20-15-21(25(27,28)29)23(22(26)16-20)19-7-5-4-6-8-19/h4-8,15-16,18H,9-14,17H2,1-3H3. The normalized spacial score (nSPS) is 16.8. The molecule has 1 aliphatic heterocycles. The van der Waals surface area contributed by atoms with Crippen LogP contribution in [0.3, 0.4) is 0 Å². The van der Waals surface area contributed by atoms with Crippen LogP contribution >= 0.6 is 11.6 Å². The maximum absolute atomic E-state index is 13.9. The third kappa shape index (κ3) is 6.96. The zero-order valence-corrected chi connectivity index (χ0v) is 20.8. The molecule has 0 saturated carbocycles. The average Bonchev–Trinajstić information content (AvgIpc) is 2.72. The van der Waals surface area contributed by atoms with Crippen LogP contribution in [0, 0.1) is 11.3 Å². The predicted octanol–water partition coefficient (Wildman–Crippen LogP) is 6.95. The lowest BCUT2D eigenvalue weighted by atomic mass is 9.91. The van der Waals surface area contributed by atoms with E-state index in [0.717, 1.165) is 38.2 Å². The molecule has 0 bridgehead atoms. The summed E-state index contributed by atoms with van der Waals surface area (Å²) in [6, 6.07) is 9.87. The summed E-state index contributed by atoms with van der Waals surface area (Å²) in [5, 5.41) is -0.216. The maximum atomic E-state index is 13.9. The van der Waals surface area contributed by atoms with Gasteiger partial charge in [0.25, 0.3) is 0 Å². The van der Waals surface area contributed by atoms with Crippen molar-refractivity contribution in [1.82, 2.24) is 4.90 Å². The van der Waals surface area contributed by atoms with Crippen LogP contribution in [0.25, 0.3) is 11.1 Å². The van der Waals surface area contributed by atoms with Gasteiger partial charge in [-0.2, -0.15) is 13.2 Å². The van der Waals surface area contributed by atoms with Crippen LogP contribution in [0.5, 0.6) is 0 Å². The largest absolute Gasteiger partial charge is 0.417 e. The monoisotopic (exact) mass is 501 g/mol. The van der Waals surface area contributed by atoms with Gasteiger partial charge in [0.05, 0.1) is 21.2 Å². The maximum Gasteiger partial charge on any atom is 0.417 e. The summed E-state index contributed by atoms with van der Waals surface area (Å²) >= 11 is 6.24. The smallest absolute Gasteiger partial charge is 0.303 e. The van der Waals surface area contributed by atoms with E-state index in [-0.39, 0.29) is 32.6 Å². The summed E-state index contributed by atoms with van der Waals surface area (Å²) in [6.07, 6.45) is -2.25. The summed E-state index contributed by atoms with van der Waals surface area (Å²) < 4.78 is 67.8. The molecule has 0 atom stereocenters. The number of halogens is 4. The minimum Gasteiger partial charge on any atom is -0.303 e. The van der Waals surface area contributed by atoms with Crippen LogP contribution in [-0.4, -0.2) is 38.7 Å². The second-order valence-corrected chi connectivity index (χ2v) is 12.5. The van der Waals surface area contributed by atoms with Gasteiger partial charge in [-0.1, -0.05) is 62.7 Å². The minimum absolute atomic E-state index is 0.0807. The fourth-order valence-corrected chi connectivity index (χ4v) is 6.29. The molecule has 0 spiro atoms. The zero-order valence-electron chi connectivity index (χ0n) is 19.3. The Bertz CT molecular complexity index is 1060. The van der Waals surface area contributed by atoms with E-state index >= 15 is 0 Å². The van der Waals surface area contributed by atoms with E-state index in [1.54, 1.807) is 18.2 Å². The van der Waals surface area contributed by atoms with Gasteiger partial charge in [0.1, 0.15) is 0 Å². The molecule has 2 aromatic rings. The molecule has 0 aliphatic carbocycles. The molecule has 0 amide bonds. The second-order valence-electron chi connectivity index (χ2n) is 10.1. The molecular weight excluding hydrogens is 471 g/mol. The van der Waals surface area contributed by atoms with Gasteiger partial charge in [-0.3, -0.25) is 0 Å². The highest BCUT2D eigenvalue weighted by molar-refractivity contribution is 7.91. The van der Waals surface area contributed by atoms with Crippen molar-refractivity contribution >= 4 is 21.4 Å². The van der Waals surface area contributed by atoms with E-state index in [2.05, 4.69) is 25.7 Å². The van der Waals surface area contributed by atoms with E-state index in [4.69, 9.17) is 11.6 Å². The molecule has 1 heterocycles. The molecule has 8 heteroatoms.